The number of nitrogens with zero attached hydrogens (tertiary/aromatic N) is 4. The van der Waals surface area contributed by atoms with E-state index in [0.717, 1.165) is 51.9 Å². The number of aryl methyl sites for hydroxylation is 1. The quantitative estimate of drug-likeness (QED) is 0.849. The molecule has 3 fully saturated rings. The maximum absolute atomic E-state index is 13.0. The molecule has 1 saturated carbocycles. The Morgan fingerprint density at radius 1 is 1.33 bits per heavy atom. The van der Waals surface area contributed by atoms with E-state index in [4.69, 9.17) is 4.84 Å². The number of likely N-dealkylation sites (tertiary alicyclic amines) is 1. The van der Waals surface area contributed by atoms with Gasteiger partial charge in [-0.1, -0.05) is 6.42 Å². The summed E-state index contributed by atoms with van der Waals surface area (Å²) in [5.41, 5.74) is 1.41. The molecule has 0 aromatic carbocycles. The second-order valence-electron chi connectivity index (χ2n) is 7.74. The standard InChI is InChI=1S/C18H28N4O2/c1-20-14-19-11-15(20)12-21-9-7-18(13-21)6-4-5-16(18)17(23)22-8-2-3-10-24-22/h11,14,16H,2-10,12-13H2,1H3. The molecule has 4 rings (SSSR count). The molecule has 6 nitrogen and oxygen atoms in total. The monoisotopic (exact) mass is 332 g/mol. The van der Waals surface area contributed by atoms with Gasteiger partial charge in [0, 0.05) is 38.8 Å². The van der Waals surface area contributed by atoms with Crippen LogP contribution in [0.3, 0.4) is 0 Å². The van der Waals surface area contributed by atoms with Crippen molar-refractivity contribution >= 4 is 5.91 Å². The van der Waals surface area contributed by atoms with E-state index in [1.807, 2.05) is 19.6 Å². The lowest BCUT2D eigenvalue weighted by molar-refractivity contribution is -0.204. The van der Waals surface area contributed by atoms with Gasteiger partial charge in [-0.05, 0) is 44.1 Å². The fourth-order valence-corrected chi connectivity index (χ4v) is 4.84. The summed E-state index contributed by atoms with van der Waals surface area (Å²) in [6, 6.07) is 0. The van der Waals surface area contributed by atoms with Gasteiger partial charge in [-0.15, -0.1) is 0 Å². The first kappa shape index (κ1) is 16.1. The van der Waals surface area contributed by atoms with Crippen molar-refractivity contribution in [3.05, 3.63) is 18.2 Å². The highest BCUT2D eigenvalue weighted by atomic mass is 16.7. The van der Waals surface area contributed by atoms with Crippen LogP contribution < -0.4 is 0 Å². The molecule has 1 aromatic heterocycles. The number of hydrogen-bond donors (Lipinski definition) is 0. The Labute approximate surface area is 143 Å². The molecule has 2 atom stereocenters. The summed E-state index contributed by atoms with van der Waals surface area (Å²) in [6.45, 7) is 4.50. The third-order valence-corrected chi connectivity index (χ3v) is 6.22. The predicted molar refractivity (Wildman–Crippen MR) is 89.8 cm³/mol. The molecule has 3 heterocycles. The van der Waals surface area contributed by atoms with Crippen LogP contribution in [0.4, 0.5) is 0 Å². The molecule has 6 heteroatoms. The number of rotatable bonds is 3. The lowest BCUT2D eigenvalue weighted by Gasteiger charge is -2.35. The van der Waals surface area contributed by atoms with Gasteiger partial charge < -0.3 is 4.57 Å². The lowest BCUT2D eigenvalue weighted by Crippen LogP contribution is -2.45. The maximum atomic E-state index is 13.0. The van der Waals surface area contributed by atoms with Gasteiger partial charge >= 0.3 is 0 Å². The van der Waals surface area contributed by atoms with Crippen molar-refractivity contribution in [2.24, 2.45) is 18.4 Å². The Morgan fingerprint density at radius 3 is 3.00 bits per heavy atom. The molecule has 0 bridgehead atoms. The van der Waals surface area contributed by atoms with Crippen LogP contribution in [-0.2, 0) is 23.2 Å². The van der Waals surface area contributed by atoms with E-state index < -0.39 is 0 Å². The molecule has 1 spiro atoms. The summed E-state index contributed by atoms with van der Waals surface area (Å²) in [5, 5.41) is 1.67. The van der Waals surface area contributed by atoms with Gasteiger partial charge in [-0.3, -0.25) is 14.5 Å². The third-order valence-electron chi connectivity index (χ3n) is 6.22. The summed E-state index contributed by atoms with van der Waals surface area (Å²) in [4.78, 5) is 25.4. The number of carbonyl (C=O) groups is 1. The van der Waals surface area contributed by atoms with E-state index in [2.05, 4.69) is 14.5 Å². The van der Waals surface area contributed by atoms with E-state index in [9.17, 15) is 4.79 Å². The summed E-state index contributed by atoms with van der Waals surface area (Å²) in [5.74, 6) is 0.390. The lowest BCUT2D eigenvalue weighted by atomic mass is 9.76. The van der Waals surface area contributed by atoms with Crippen molar-refractivity contribution in [1.82, 2.24) is 19.5 Å². The minimum atomic E-state index is 0.145. The van der Waals surface area contributed by atoms with Crippen molar-refractivity contribution in [3.8, 4) is 0 Å². The molecule has 1 amide bonds. The Hall–Kier alpha value is -1.40. The first-order valence-corrected chi connectivity index (χ1v) is 9.30. The first-order chi connectivity index (χ1) is 11.7. The number of aromatic nitrogens is 2. The molecule has 3 aliphatic rings. The fourth-order valence-electron chi connectivity index (χ4n) is 4.84. The minimum Gasteiger partial charge on any atom is -0.337 e. The van der Waals surface area contributed by atoms with Gasteiger partial charge in [0.1, 0.15) is 0 Å². The highest BCUT2D eigenvalue weighted by molar-refractivity contribution is 5.79. The Balaban J connectivity index is 1.44. The minimum absolute atomic E-state index is 0.145. The Kier molecular flexibility index (Phi) is 4.35. The zero-order valence-corrected chi connectivity index (χ0v) is 14.6. The van der Waals surface area contributed by atoms with E-state index >= 15 is 0 Å². The first-order valence-electron chi connectivity index (χ1n) is 9.30. The maximum Gasteiger partial charge on any atom is 0.249 e. The van der Waals surface area contributed by atoms with Crippen molar-refractivity contribution in [1.29, 1.82) is 0 Å². The highest BCUT2D eigenvalue weighted by Gasteiger charge is 2.51. The third kappa shape index (κ3) is 2.86. The van der Waals surface area contributed by atoms with Gasteiger partial charge in [-0.2, -0.15) is 0 Å². The van der Waals surface area contributed by atoms with Gasteiger partial charge in [0.15, 0.2) is 0 Å². The van der Waals surface area contributed by atoms with Crippen molar-refractivity contribution in [3.63, 3.8) is 0 Å². The second-order valence-corrected chi connectivity index (χ2v) is 7.74. The molecule has 0 N–H and O–H groups in total. The average molecular weight is 332 g/mol. The average Bonchev–Trinajstić information content (AvgIpc) is 3.31. The van der Waals surface area contributed by atoms with Gasteiger partial charge in [0.2, 0.25) is 5.91 Å². The fraction of sp³-hybridized carbons (Fsp3) is 0.778. The predicted octanol–water partition coefficient (Wildman–Crippen LogP) is 1.97. The van der Waals surface area contributed by atoms with Gasteiger partial charge in [0.05, 0.1) is 18.6 Å². The zero-order chi connectivity index (χ0) is 16.6. The van der Waals surface area contributed by atoms with Crippen molar-refractivity contribution in [2.75, 3.05) is 26.2 Å². The number of imidazole rings is 1. The van der Waals surface area contributed by atoms with Crippen LogP contribution in [0.1, 0.15) is 44.2 Å². The Bertz CT molecular complexity index is 596. The van der Waals surface area contributed by atoms with Crippen molar-refractivity contribution in [2.45, 2.75) is 45.1 Å². The summed E-state index contributed by atoms with van der Waals surface area (Å²) in [7, 11) is 2.05. The Morgan fingerprint density at radius 2 is 2.25 bits per heavy atom. The number of hydroxylamine groups is 2. The van der Waals surface area contributed by atoms with Crippen LogP contribution in [-0.4, -0.2) is 51.7 Å². The van der Waals surface area contributed by atoms with Crippen LogP contribution in [0.15, 0.2) is 12.5 Å². The smallest absolute Gasteiger partial charge is 0.249 e. The second kappa shape index (κ2) is 6.48. The van der Waals surface area contributed by atoms with Gasteiger partial charge in [0.25, 0.3) is 0 Å². The number of amides is 1. The molecule has 1 aliphatic carbocycles. The number of carbonyl (C=O) groups excluding carboxylic acids is 1. The van der Waals surface area contributed by atoms with Gasteiger partial charge in [-0.25, -0.2) is 10.0 Å². The molecule has 0 radical (unpaired) electrons. The summed E-state index contributed by atoms with van der Waals surface area (Å²) < 4.78 is 2.09. The topological polar surface area (TPSA) is 50.6 Å². The van der Waals surface area contributed by atoms with Crippen LogP contribution in [0.25, 0.3) is 0 Å². The molecular formula is C18H28N4O2. The van der Waals surface area contributed by atoms with E-state index in [-0.39, 0.29) is 17.2 Å². The van der Waals surface area contributed by atoms with Crippen LogP contribution in [0, 0.1) is 11.3 Å². The highest BCUT2D eigenvalue weighted by Crippen LogP contribution is 2.50. The largest absolute Gasteiger partial charge is 0.337 e. The normalized spacial score (nSPS) is 31.2. The molecule has 132 valence electrons. The van der Waals surface area contributed by atoms with E-state index in [1.54, 1.807) is 5.06 Å². The molecule has 24 heavy (non-hydrogen) atoms. The van der Waals surface area contributed by atoms with Crippen molar-refractivity contribution < 1.29 is 9.63 Å². The molecular weight excluding hydrogens is 304 g/mol. The molecule has 2 unspecified atom stereocenters. The molecule has 1 aromatic rings. The molecule has 2 saturated heterocycles. The summed E-state index contributed by atoms with van der Waals surface area (Å²) in [6.07, 6.45) is 10.5. The zero-order valence-electron chi connectivity index (χ0n) is 14.6. The SMILES string of the molecule is Cn1cncc1CN1CCC2(CCCC2C(=O)N2CCCCO2)C1. The summed E-state index contributed by atoms with van der Waals surface area (Å²) >= 11 is 0. The van der Waals surface area contributed by atoms with Crippen LogP contribution >= 0.6 is 0 Å². The number of hydrogen-bond acceptors (Lipinski definition) is 4. The van der Waals surface area contributed by atoms with E-state index in [1.165, 1.54) is 18.5 Å². The molecule has 2 aliphatic heterocycles. The van der Waals surface area contributed by atoms with Crippen LogP contribution in [0.2, 0.25) is 0 Å². The van der Waals surface area contributed by atoms with Crippen LogP contribution in [0.5, 0.6) is 0 Å². The van der Waals surface area contributed by atoms with E-state index in [0.29, 0.717) is 6.61 Å².